The first-order valence-electron chi connectivity index (χ1n) is 5.60. The van der Waals surface area contributed by atoms with Gasteiger partial charge < -0.3 is 10.6 Å². The Labute approximate surface area is 91.3 Å². The molecule has 0 spiro atoms. The molecule has 0 bridgehead atoms. The Hall–Kier alpha value is -1.09. The van der Waals surface area contributed by atoms with Gasteiger partial charge in [-0.3, -0.25) is 0 Å². The largest absolute Gasteiger partial charge is 0.353 e. The molecule has 1 fully saturated rings. The van der Waals surface area contributed by atoms with E-state index in [-0.39, 0.29) is 5.54 Å². The van der Waals surface area contributed by atoms with E-state index in [1.807, 2.05) is 12.3 Å². The van der Waals surface area contributed by atoms with E-state index in [4.69, 9.17) is 5.73 Å². The van der Waals surface area contributed by atoms with Crippen LogP contribution in [-0.2, 0) is 0 Å². The molecule has 3 heteroatoms. The van der Waals surface area contributed by atoms with Crippen LogP contribution in [0.5, 0.6) is 0 Å². The second kappa shape index (κ2) is 3.81. The van der Waals surface area contributed by atoms with Crippen LogP contribution < -0.4 is 10.6 Å². The van der Waals surface area contributed by atoms with Gasteiger partial charge in [-0.25, -0.2) is 4.98 Å². The van der Waals surface area contributed by atoms with Crippen molar-refractivity contribution in [3.05, 3.63) is 23.9 Å². The lowest BCUT2D eigenvalue weighted by Gasteiger charge is -2.49. The Morgan fingerprint density at radius 2 is 2.27 bits per heavy atom. The van der Waals surface area contributed by atoms with Crippen molar-refractivity contribution in [3.8, 4) is 0 Å². The van der Waals surface area contributed by atoms with Gasteiger partial charge in [0.25, 0.3) is 0 Å². The fraction of sp³-hybridized carbons (Fsp3) is 0.583. The van der Waals surface area contributed by atoms with Crippen molar-refractivity contribution in [2.75, 3.05) is 18.0 Å². The van der Waals surface area contributed by atoms with E-state index in [0.29, 0.717) is 0 Å². The summed E-state index contributed by atoms with van der Waals surface area (Å²) in [5.41, 5.74) is 7.48. The number of nitrogens with two attached hydrogens (primary N) is 1. The quantitative estimate of drug-likeness (QED) is 0.816. The number of aromatic nitrogens is 1. The van der Waals surface area contributed by atoms with Crippen LogP contribution >= 0.6 is 0 Å². The molecule has 1 saturated heterocycles. The van der Waals surface area contributed by atoms with Crippen LogP contribution in [0.2, 0.25) is 0 Å². The number of hydrogen-bond donors (Lipinski definition) is 1. The summed E-state index contributed by atoms with van der Waals surface area (Å²) >= 11 is 0. The fourth-order valence-electron chi connectivity index (χ4n) is 2.33. The van der Waals surface area contributed by atoms with Crippen molar-refractivity contribution in [1.29, 1.82) is 0 Å². The summed E-state index contributed by atoms with van der Waals surface area (Å²) in [7, 11) is 0. The monoisotopic (exact) mass is 205 g/mol. The van der Waals surface area contributed by atoms with Crippen LogP contribution in [0.3, 0.4) is 0 Å². The summed E-state index contributed by atoms with van der Waals surface area (Å²) in [6.45, 7) is 6.17. The molecule has 0 saturated carbocycles. The van der Waals surface area contributed by atoms with E-state index in [1.54, 1.807) is 0 Å². The maximum Gasteiger partial charge on any atom is 0.131 e. The number of hydrogen-bond acceptors (Lipinski definition) is 3. The van der Waals surface area contributed by atoms with Gasteiger partial charge in [-0.1, -0.05) is 19.4 Å². The lowest BCUT2D eigenvalue weighted by molar-refractivity contribution is 0.305. The molecule has 0 aliphatic carbocycles. The highest BCUT2D eigenvalue weighted by Gasteiger charge is 2.39. The molecule has 15 heavy (non-hydrogen) atoms. The van der Waals surface area contributed by atoms with E-state index in [1.165, 1.54) is 5.56 Å². The molecule has 0 aromatic carbocycles. The molecule has 1 aromatic heterocycles. The molecule has 1 aliphatic heterocycles. The fourth-order valence-corrected chi connectivity index (χ4v) is 2.33. The van der Waals surface area contributed by atoms with Crippen molar-refractivity contribution in [2.24, 2.45) is 5.73 Å². The van der Waals surface area contributed by atoms with Crippen LogP contribution in [0.1, 0.15) is 25.3 Å². The lowest BCUT2D eigenvalue weighted by atomic mass is 9.86. The molecule has 1 aliphatic rings. The molecule has 82 valence electrons. The van der Waals surface area contributed by atoms with Gasteiger partial charge in [0.1, 0.15) is 5.82 Å². The second-order valence-corrected chi connectivity index (χ2v) is 4.61. The SMILES string of the molecule is CCCC1(N)CN(c2ncccc2C)C1. The molecule has 0 atom stereocenters. The summed E-state index contributed by atoms with van der Waals surface area (Å²) < 4.78 is 0. The highest BCUT2D eigenvalue weighted by molar-refractivity contribution is 5.50. The summed E-state index contributed by atoms with van der Waals surface area (Å²) in [5, 5.41) is 0. The molecule has 3 nitrogen and oxygen atoms in total. The van der Waals surface area contributed by atoms with Gasteiger partial charge in [-0.15, -0.1) is 0 Å². The third-order valence-electron chi connectivity index (χ3n) is 3.04. The Kier molecular flexibility index (Phi) is 2.65. The van der Waals surface area contributed by atoms with Crippen LogP contribution in [-0.4, -0.2) is 23.6 Å². The van der Waals surface area contributed by atoms with Gasteiger partial charge in [-0.05, 0) is 25.0 Å². The Morgan fingerprint density at radius 3 is 2.87 bits per heavy atom. The van der Waals surface area contributed by atoms with Gasteiger partial charge in [0, 0.05) is 19.3 Å². The van der Waals surface area contributed by atoms with Gasteiger partial charge >= 0.3 is 0 Å². The minimum atomic E-state index is 0.0265. The number of rotatable bonds is 3. The van der Waals surface area contributed by atoms with E-state index in [2.05, 4.69) is 29.8 Å². The zero-order valence-corrected chi connectivity index (χ0v) is 9.53. The minimum absolute atomic E-state index is 0.0265. The molecule has 0 unspecified atom stereocenters. The lowest BCUT2D eigenvalue weighted by Crippen LogP contribution is -2.67. The van der Waals surface area contributed by atoms with Crippen molar-refractivity contribution in [2.45, 2.75) is 32.2 Å². The number of pyridine rings is 1. The van der Waals surface area contributed by atoms with Crippen LogP contribution in [0.25, 0.3) is 0 Å². The first-order chi connectivity index (χ1) is 7.14. The number of nitrogens with zero attached hydrogens (tertiary/aromatic N) is 2. The third-order valence-corrected chi connectivity index (χ3v) is 3.04. The highest BCUT2D eigenvalue weighted by atomic mass is 15.3. The van der Waals surface area contributed by atoms with Crippen LogP contribution in [0.15, 0.2) is 18.3 Å². The maximum atomic E-state index is 6.22. The first-order valence-corrected chi connectivity index (χ1v) is 5.60. The highest BCUT2D eigenvalue weighted by Crippen LogP contribution is 2.29. The molecule has 1 aromatic rings. The first kappa shape index (κ1) is 10.4. The normalized spacial score (nSPS) is 18.7. The molecule has 0 radical (unpaired) electrons. The predicted molar refractivity (Wildman–Crippen MR) is 63.0 cm³/mol. The van der Waals surface area contributed by atoms with Crippen molar-refractivity contribution in [3.63, 3.8) is 0 Å². The molecule has 0 amide bonds. The third kappa shape index (κ3) is 1.97. The van der Waals surface area contributed by atoms with Crippen molar-refractivity contribution in [1.82, 2.24) is 4.98 Å². The zero-order valence-electron chi connectivity index (χ0n) is 9.53. The van der Waals surface area contributed by atoms with E-state index in [0.717, 1.165) is 31.7 Å². The van der Waals surface area contributed by atoms with Gasteiger partial charge in [-0.2, -0.15) is 0 Å². The summed E-state index contributed by atoms with van der Waals surface area (Å²) in [5.74, 6) is 1.09. The van der Waals surface area contributed by atoms with Gasteiger partial charge in [0.15, 0.2) is 0 Å². The van der Waals surface area contributed by atoms with E-state index in [9.17, 15) is 0 Å². The van der Waals surface area contributed by atoms with E-state index < -0.39 is 0 Å². The van der Waals surface area contributed by atoms with Crippen molar-refractivity contribution >= 4 is 5.82 Å². The second-order valence-electron chi connectivity index (χ2n) is 4.61. The average molecular weight is 205 g/mol. The molecular formula is C12H19N3. The maximum absolute atomic E-state index is 6.22. The number of aryl methyl sites for hydroxylation is 1. The summed E-state index contributed by atoms with van der Waals surface area (Å²) in [6, 6.07) is 4.07. The van der Waals surface area contributed by atoms with Gasteiger partial charge in [0.2, 0.25) is 0 Å². The Balaban J connectivity index is 2.03. The Bertz CT molecular complexity index is 342. The number of anilines is 1. The molecule has 2 heterocycles. The standard InChI is InChI=1S/C12H19N3/c1-3-6-12(13)8-15(9-12)11-10(2)5-4-7-14-11/h4-5,7H,3,6,8-9,13H2,1-2H3. The molecule has 2 rings (SSSR count). The average Bonchev–Trinajstić information content (AvgIpc) is 2.15. The molecule has 2 N–H and O–H groups in total. The molecular weight excluding hydrogens is 186 g/mol. The van der Waals surface area contributed by atoms with Crippen LogP contribution in [0, 0.1) is 6.92 Å². The smallest absolute Gasteiger partial charge is 0.131 e. The van der Waals surface area contributed by atoms with E-state index >= 15 is 0 Å². The topological polar surface area (TPSA) is 42.1 Å². The van der Waals surface area contributed by atoms with Crippen molar-refractivity contribution < 1.29 is 0 Å². The zero-order chi connectivity index (χ0) is 10.9. The van der Waals surface area contributed by atoms with Gasteiger partial charge in [0.05, 0.1) is 5.54 Å². The Morgan fingerprint density at radius 1 is 1.53 bits per heavy atom. The van der Waals surface area contributed by atoms with Crippen LogP contribution in [0.4, 0.5) is 5.82 Å². The summed E-state index contributed by atoms with van der Waals surface area (Å²) in [6.07, 6.45) is 4.11. The minimum Gasteiger partial charge on any atom is -0.353 e. The predicted octanol–water partition coefficient (Wildman–Crippen LogP) is 1.71. The summed E-state index contributed by atoms with van der Waals surface area (Å²) in [4.78, 5) is 6.67.